The normalized spacial score (nSPS) is 24.7. The Kier molecular flexibility index (Phi) is 1.85. The van der Waals surface area contributed by atoms with Crippen LogP contribution in [0.1, 0.15) is 13.8 Å². The SMILES string of the molecule is CC(C)[C@H]1C(=O)OC(=O)N1C. The number of esters is 1. The first-order chi connectivity index (χ1) is 5.04. The zero-order valence-corrected chi connectivity index (χ0v) is 6.83. The first kappa shape index (κ1) is 8.04. The summed E-state index contributed by atoms with van der Waals surface area (Å²) in [5.41, 5.74) is 0. The predicted octanol–water partition coefficient (Wildman–Crippen LogP) is 0.620. The summed E-state index contributed by atoms with van der Waals surface area (Å²) >= 11 is 0. The summed E-state index contributed by atoms with van der Waals surface area (Å²) in [5.74, 6) is -0.327. The van der Waals surface area contributed by atoms with Crippen molar-refractivity contribution in [3.63, 3.8) is 0 Å². The first-order valence-electron chi connectivity index (χ1n) is 3.52. The Morgan fingerprint density at radius 3 is 2.18 bits per heavy atom. The van der Waals surface area contributed by atoms with Crippen LogP contribution < -0.4 is 0 Å². The summed E-state index contributed by atoms with van der Waals surface area (Å²) in [6.45, 7) is 3.75. The number of carbonyl (C=O) groups excluding carboxylic acids is 2. The van der Waals surface area contributed by atoms with Crippen LogP contribution >= 0.6 is 0 Å². The molecule has 4 heteroatoms. The van der Waals surface area contributed by atoms with Gasteiger partial charge in [-0.25, -0.2) is 9.59 Å². The van der Waals surface area contributed by atoms with Gasteiger partial charge >= 0.3 is 12.1 Å². The van der Waals surface area contributed by atoms with E-state index in [1.165, 1.54) is 4.90 Å². The van der Waals surface area contributed by atoms with Crippen molar-refractivity contribution in [2.45, 2.75) is 19.9 Å². The van der Waals surface area contributed by atoms with E-state index in [2.05, 4.69) is 4.74 Å². The minimum absolute atomic E-state index is 0.110. The number of hydrogen-bond donors (Lipinski definition) is 0. The molecule has 0 saturated carbocycles. The van der Waals surface area contributed by atoms with Gasteiger partial charge in [-0.2, -0.15) is 0 Å². The summed E-state index contributed by atoms with van der Waals surface area (Å²) in [5, 5.41) is 0. The van der Waals surface area contributed by atoms with Crippen LogP contribution in [0, 0.1) is 5.92 Å². The van der Waals surface area contributed by atoms with Crippen molar-refractivity contribution >= 4 is 12.1 Å². The lowest BCUT2D eigenvalue weighted by Crippen LogP contribution is -2.35. The lowest BCUT2D eigenvalue weighted by atomic mass is 10.1. The van der Waals surface area contributed by atoms with Crippen LogP contribution in [0.15, 0.2) is 0 Å². The number of cyclic esters (lactones) is 2. The van der Waals surface area contributed by atoms with E-state index in [0.29, 0.717) is 0 Å². The van der Waals surface area contributed by atoms with E-state index >= 15 is 0 Å². The molecule has 0 unspecified atom stereocenters. The van der Waals surface area contributed by atoms with Gasteiger partial charge in [-0.3, -0.25) is 4.90 Å². The molecule has 0 spiro atoms. The largest absolute Gasteiger partial charge is 0.418 e. The molecule has 1 amide bonds. The van der Waals surface area contributed by atoms with Crippen LogP contribution in [0.2, 0.25) is 0 Å². The lowest BCUT2D eigenvalue weighted by Gasteiger charge is -2.16. The van der Waals surface area contributed by atoms with Gasteiger partial charge < -0.3 is 4.74 Å². The van der Waals surface area contributed by atoms with E-state index in [0.717, 1.165) is 0 Å². The number of hydrogen-bond acceptors (Lipinski definition) is 3. The highest BCUT2D eigenvalue weighted by molar-refractivity contribution is 5.95. The van der Waals surface area contributed by atoms with E-state index in [9.17, 15) is 9.59 Å². The highest BCUT2D eigenvalue weighted by atomic mass is 16.6. The number of rotatable bonds is 1. The maximum absolute atomic E-state index is 11.0. The molecular weight excluding hydrogens is 146 g/mol. The number of nitrogens with zero attached hydrogens (tertiary/aromatic N) is 1. The highest BCUT2D eigenvalue weighted by Crippen LogP contribution is 2.18. The van der Waals surface area contributed by atoms with Gasteiger partial charge in [0, 0.05) is 7.05 Å². The Balaban J connectivity index is 2.79. The molecular formula is C7H11NO3. The zero-order valence-electron chi connectivity index (χ0n) is 6.83. The predicted molar refractivity (Wildman–Crippen MR) is 37.9 cm³/mol. The van der Waals surface area contributed by atoms with Gasteiger partial charge in [0.2, 0.25) is 0 Å². The molecule has 0 N–H and O–H groups in total. The molecule has 1 aliphatic rings. The minimum Gasteiger partial charge on any atom is -0.375 e. The van der Waals surface area contributed by atoms with Gasteiger partial charge in [0.05, 0.1) is 0 Å². The maximum atomic E-state index is 11.0. The van der Waals surface area contributed by atoms with Crippen molar-refractivity contribution in [3.05, 3.63) is 0 Å². The maximum Gasteiger partial charge on any atom is 0.418 e. The van der Waals surface area contributed by atoms with Crippen molar-refractivity contribution in [1.29, 1.82) is 0 Å². The van der Waals surface area contributed by atoms with Crippen LogP contribution in [0.4, 0.5) is 4.79 Å². The van der Waals surface area contributed by atoms with Gasteiger partial charge in [0.15, 0.2) is 0 Å². The summed E-state index contributed by atoms with van der Waals surface area (Å²) in [7, 11) is 1.57. The molecule has 0 radical (unpaired) electrons. The van der Waals surface area contributed by atoms with Crippen LogP contribution in [-0.2, 0) is 9.53 Å². The average Bonchev–Trinajstić information content (AvgIpc) is 2.07. The van der Waals surface area contributed by atoms with Gasteiger partial charge in [0.25, 0.3) is 0 Å². The number of ether oxygens (including phenoxy) is 1. The summed E-state index contributed by atoms with van der Waals surface area (Å²) < 4.78 is 4.40. The first-order valence-corrected chi connectivity index (χ1v) is 3.52. The van der Waals surface area contributed by atoms with Gasteiger partial charge in [-0.15, -0.1) is 0 Å². The second-order valence-corrected chi connectivity index (χ2v) is 2.99. The molecule has 11 heavy (non-hydrogen) atoms. The number of likely N-dealkylation sites (N-methyl/N-ethyl adjacent to an activating group) is 1. The molecule has 4 nitrogen and oxygen atoms in total. The zero-order chi connectivity index (χ0) is 8.59. The standard InChI is InChI=1S/C7H11NO3/c1-4(2)5-6(9)11-7(10)8(5)3/h4-5H,1-3H3/t5-/m0/s1. The third-order valence-corrected chi connectivity index (χ3v) is 1.77. The fourth-order valence-electron chi connectivity index (χ4n) is 1.21. The van der Waals surface area contributed by atoms with E-state index in [-0.39, 0.29) is 5.92 Å². The molecule has 0 aromatic rings. The van der Waals surface area contributed by atoms with Crippen molar-refractivity contribution in [1.82, 2.24) is 4.90 Å². The molecule has 1 saturated heterocycles. The summed E-state index contributed by atoms with van der Waals surface area (Å²) in [6, 6.07) is -0.400. The van der Waals surface area contributed by atoms with Crippen molar-refractivity contribution < 1.29 is 14.3 Å². The Labute approximate surface area is 65.1 Å². The molecule has 0 aromatic heterocycles. The van der Waals surface area contributed by atoms with E-state index in [4.69, 9.17) is 0 Å². The number of carbonyl (C=O) groups is 2. The Bertz CT molecular complexity index is 200. The molecule has 0 aromatic carbocycles. The quantitative estimate of drug-likeness (QED) is 0.414. The summed E-state index contributed by atoms with van der Waals surface area (Å²) in [4.78, 5) is 23.1. The van der Waals surface area contributed by atoms with Gasteiger partial charge in [-0.1, -0.05) is 13.8 Å². The molecule has 1 rings (SSSR count). The monoisotopic (exact) mass is 157 g/mol. The fraction of sp³-hybridized carbons (Fsp3) is 0.714. The summed E-state index contributed by atoms with van der Waals surface area (Å²) in [6.07, 6.45) is -0.548. The molecule has 1 aliphatic heterocycles. The molecule has 1 atom stereocenters. The smallest absolute Gasteiger partial charge is 0.375 e. The number of amides is 1. The molecule has 0 aliphatic carbocycles. The van der Waals surface area contributed by atoms with Crippen LogP contribution in [0.3, 0.4) is 0 Å². The minimum atomic E-state index is -0.548. The molecule has 0 bridgehead atoms. The highest BCUT2D eigenvalue weighted by Gasteiger charge is 2.40. The van der Waals surface area contributed by atoms with E-state index in [1.54, 1.807) is 7.05 Å². The second kappa shape index (κ2) is 2.53. The van der Waals surface area contributed by atoms with Crippen LogP contribution in [0.5, 0.6) is 0 Å². The van der Waals surface area contributed by atoms with E-state index in [1.807, 2.05) is 13.8 Å². The van der Waals surface area contributed by atoms with Crippen molar-refractivity contribution in [2.75, 3.05) is 7.05 Å². The van der Waals surface area contributed by atoms with Gasteiger partial charge in [-0.05, 0) is 5.92 Å². The van der Waals surface area contributed by atoms with Crippen LogP contribution in [-0.4, -0.2) is 30.1 Å². The van der Waals surface area contributed by atoms with Crippen molar-refractivity contribution in [2.24, 2.45) is 5.92 Å². The Morgan fingerprint density at radius 1 is 1.45 bits per heavy atom. The average molecular weight is 157 g/mol. The van der Waals surface area contributed by atoms with Crippen LogP contribution in [0.25, 0.3) is 0 Å². The molecule has 1 heterocycles. The molecule has 62 valence electrons. The lowest BCUT2D eigenvalue weighted by molar-refractivity contribution is -0.136. The van der Waals surface area contributed by atoms with E-state index < -0.39 is 18.1 Å². The second-order valence-electron chi connectivity index (χ2n) is 2.99. The van der Waals surface area contributed by atoms with Crippen molar-refractivity contribution in [3.8, 4) is 0 Å². The van der Waals surface area contributed by atoms with Gasteiger partial charge in [0.1, 0.15) is 6.04 Å². The Morgan fingerprint density at radius 2 is 2.00 bits per heavy atom. The third kappa shape index (κ3) is 1.20. The topological polar surface area (TPSA) is 46.6 Å². The fourth-order valence-corrected chi connectivity index (χ4v) is 1.21. The molecule has 1 fully saturated rings. The third-order valence-electron chi connectivity index (χ3n) is 1.77. The Hall–Kier alpha value is -1.06.